The molecule has 2 saturated heterocycles. The Balaban J connectivity index is 1.41. The molecule has 3 heterocycles. The zero-order valence-electron chi connectivity index (χ0n) is 16.5. The van der Waals surface area contributed by atoms with Gasteiger partial charge in [0.15, 0.2) is 0 Å². The van der Waals surface area contributed by atoms with Crippen molar-refractivity contribution >= 4 is 24.4 Å². The van der Waals surface area contributed by atoms with Crippen molar-refractivity contribution in [1.82, 2.24) is 10.2 Å². The van der Waals surface area contributed by atoms with Gasteiger partial charge in [-0.2, -0.15) is 0 Å². The number of fused-ring (bicyclic) bond motifs is 1. The SMILES string of the molecule is CC(=O)[C@@H]1CN[C@H](C(=O)N2CC(Oc3ccc4c(c3C(=O)O)O[B-](O)(O)CC4)C2)C1. The van der Waals surface area contributed by atoms with E-state index in [0.29, 0.717) is 31.6 Å². The highest BCUT2D eigenvalue weighted by molar-refractivity contribution is 6.59. The summed E-state index contributed by atoms with van der Waals surface area (Å²) >= 11 is 0. The zero-order chi connectivity index (χ0) is 21.6. The first-order valence-electron chi connectivity index (χ1n) is 10.0. The molecule has 0 aliphatic carbocycles. The van der Waals surface area contributed by atoms with Crippen LogP contribution in [-0.2, 0) is 16.0 Å². The van der Waals surface area contributed by atoms with Crippen LogP contribution in [0.5, 0.6) is 11.5 Å². The summed E-state index contributed by atoms with van der Waals surface area (Å²) in [4.78, 5) is 37.5. The van der Waals surface area contributed by atoms with Crippen LogP contribution < -0.4 is 14.7 Å². The van der Waals surface area contributed by atoms with Crippen molar-refractivity contribution in [1.29, 1.82) is 0 Å². The van der Waals surface area contributed by atoms with Gasteiger partial charge in [0.2, 0.25) is 5.91 Å². The number of carboxylic acids is 1. The van der Waals surface area contributed by atoms with E-state index in [1.807, 2.05) is 0 Å². The molecule has 2 fully saturated rings. The van der Waals surface area contributed by atoms with Gasteiger partial charge in [0.25, 0.3) is 0 Å². The fourth-order valence-corrected chi connectivity index (χ4v) is 4.16. The molecule has 0 unspecified atom stereocenters. The van der Waals surface area contributed by atoms with E-state index in [4.69, 9.17) is 9.39 Å². The number of ketones is 1. The minimum atomic E-state index is -3.11. The third-order valence-electron chi connectivity index (χ3n) is 5.97. The summed E-state index contributed by atoms with van der Waals surface area (Å²) in [5, 5.41) is 32.3. The van der Waals surface area contributed by atoms with Crippen molar-refractivity contribution in [3.63, 3.8) is 0 Å². The maximum Gasteiger partial charge on any atom is 0.430 e. The molecule has 1 amide bonds. The summed E-state index contributed by atoms with van der Waals surface area (Å²) in [7, 11) is 0. The molecule has 30 heavy (non-hydrogen) atoms. The molecule has 1 aromatic carbocycles. The van der Waals surface area contributed by atoms with E-state index in [1.54, 1.807) is 11.0 Å². The van der Waals surface area contributed by atoms with Crippen LogP contribution in [-0.4, -0.2) is 76.2 Å². The van der Waals surface area contributed by atoms with E-state index in [0.717, 1.165) is 0 Å². The van der Waals surface area contributed by atoms with Gasteiger partial charge in [-0.25, -0.2) is 4.79 Å². The number of amides is 1. The number of carbonyl (C=O) groups is 3. The van der Waals surface area contributed by atoms with Crippen molar-refractivity contribution in [3.05, 3.63) is 23.3 Å². The number of ether oxygens (including phenoxy) is 1. The van der Waals surface area contributed by atoms with Crippen LogP contribution in [0.4, 0.5) is 0 Å². The number of aromatic carboxylic acids is 1. The van der Waals surface area contributed by atoms with Crippen molar-refractivity contribution < 1.29 is 38.9 Å². The highest BCUT2D eigenvalue weighted by Crippen LogP contribution is 2.39. The van der Waals surface area contributed by atoms with Crippen molar-refractivity contribution in [2.45, 2.75) is 38.2 Å². The van der Waals surface area contributed by atoms with Gasteiger partial charge in [0, 0.05) is 12.5 Å². The Morgan fingerprint density at radius 3 is 2.63 bits per heavy atom. The first-order valence-corrected chi connectivity index (χ1v) is 10.0. The molecule has 0 radical (unpaired) electrons. The second-order valence-electron chi connectivity index (χ2n) is 8.23. The number of hydrogen-bond donors (Lipinski definition) is 4. The predicted molar refractivity (Wildman–Crippen MR) is 104 cm³/mol. The van der Waals surface area contributed by atoms with E-state index in [1.165, 1.54) is 13.0 Å². The summed E-state index contributed by atoms with van der Waals surface area (Å²) in [6, 6.07) is 2.78. The lowest BCUT2D eigenvalue weighted by molar-refractivity contribution is -0.142. The number of aryl methyl sites for hydroxylation is 1. The van der Waals surface area contributed by atoms with Gasteiger partial charge in [-0.05, 0) is 31.4 Å². The van der Waals surface area contributed by atoms with Crippen LogP contribution in [0, 0.1) is 5.92 Å². The number of nitrogens with zero attached hydrogens (tertiary/aromatic N) is 1. The Morgan fingerprint density at radius 2 is 2.00 bits per heavy atom. The summed E-state index contributed by atoms with van der Waals surface area (Å²) in [5.74, 6) is -1.51. The largest absolute Gasteiger partial charge is 0.669 e. The molecule has 0 saturated carbocycles. The normalized spacial score (nSPS) is 25.1. The summed E-state index contributed by atoms with van der Waals surface area (Å²) < 4.78 is 10.9. The Hall–Kier alpha value is -2.63. The topological polar surface area (TPSA) is 146 Å². The number of nitrogens with one attached hydrogen (secondary N) is 1. The predicted octanol–water partition coefficient (Wildman–Crippen LogP) is -0.600. The summed E-state index contributed by atoms with van der Waals surface area (Å²) in [6.45, 7) is -0.493. The smallest absolute Gasteiger partial charge is 0.430 e. The number of benzene rings is 1. The Morgan fingerprint density at radius 1 is 1.27 bits per heavy atom. The molecule has 2 atom stereocenters. The van der Waals surface area contributed by atoms with Crippen LogP contribution in [0.15, 0.2) is 12.1 Å². The molecule has 3 aliphatic heterocycles. The number of Topliss-reactive ketones (excluding diaryl/α,β-unsaturated/α-hetero) is 1. The highest BCUT2D eigenvalue weighted by atomic mass is 16.6. The Kier molecular flexibility index (Phi) is 5.21. The number of rotatable bonds is 5. The number of carbonyl (C=O) groups excluding carboxylic acids is 2. The van der Waals surface area contributed by atoms with E-state index in [2.05, 4.69) is 5.32 Å². The summed E-state index contributed by atoms with van der Waals surface area (Å²) in [5.41, 5.74) is 0.311. The van der Waals surface area contributed by atoms with Gasteiger partial charge in [-0.15, -0.1) is 0 Å². The van der Waals surface area contributed by atoms with Gasteiger partial charge in [0.05, 0.1) is 24.9 Å². The molecule has 1 aromatic rings. The first-order chi connectivity index (χ1) is 14.1. The molecule has 4 rings (SSSR count). The van der Waals surface area contributed by atoms with Crippen molar-refractivity contribution in [3.8, 4) is 11.5 Å². The number of carboxylic acid groups (broad SMARTS) is 1. The lowest BCUT2D eigenvalue weighted by Gasteiger charge is -2.41. The van der Waals surface area contributed by atoms with Crippen LogP contribution in [0.1, 0.15) is 29.3 Å². The Bertz CT molecular complexity index is 899. The van der Waals surface area contributed by atoms with Gasteiger partial charge >= 0.3 is 12.7 Å². The third-order valence-corrected chi connectivity index (χ3v) is 5.97. The second-order valence-corrected chi connectivity index (χ2v) is 8.23. The molecule has 0 spiro atoms. The van der Waals surface area contributed by atoms with Gasteiger partial charge < -0.3 is 34.8 Å². The second kappa shape index (κ2) is 7.57. The lowest BCUT2D eigenvalue weighted by atomic mass is 9.70. The van der Waals surface area contributed by atoms with Gasteiger partial charge in [-0.1, -0.05) is 12.4 Å². The van der Waals surface area contributed by atoms with Crippen LogP contribution in [0.3, 0.4) is 0 Å². The maximum absolute atomic E-state index is 12.6. The molecule has 162 valence electrons. The van der Waals surface area contributed by atoms with Gasteiger partial charge in [-0.3, -0.25) is 9.59 Å². The molecular weight excluding hydrogens is 395 g/mol. The molecular formula is C19H24BN2O8-. The number of likely N-dealkylation sites (tertiary alicyclic amines) is 1. The van der Waals surface area contributed by atoms with Gasteiger partial charge in [0.1, 0.15) is 23.2 Å². The number of hydrogen-bond acceptors (Lipinski definition) is 8. The maximum atomic E-state index is 12.6. The molecule has 10 nitrogen and oxygen atoms in total. The molecule has 0 bridgehead atoms. The van der Waals surface area contributed by atoms with E-state index in [9.17, 15) is 29.5 Å². The van der Waals surface area contributed by atoms with E-state index >= 15 is 0 Å². The van der Waals surface area contributed by atoms with Crippen molar-refractivity contribution in [2.24, 2.45) is 5.92 Å². The first kappa shape index (κ1) is 20.6. The average molecular weight is 419 g/mol. The zero-order valence-corrected chi connectivity index (χ0v) is 16.5. The molecule has 3 aliphatic rings. The van der Waals surface area contributed by atoms with Crippen LogP contribution in [0.2, 0.25) is 6.32 Å². The van der Waals surface area contributed by atoms with Crippen LogP contribution in [0.25, 0.3) is 0 Å². The quantitative estimate of drug-likeness (QED) is 0.460. The Labute approximate surface area is 172 Å². The van der Waals surface area contributed by atoms with Crippen LogP contribution >= 0.6 is 0 Å². The average Bonchev–Trinajstić information content (AvgIpc) is 3.12. The van der Waals surface area contributed by atoms with Crippen molar-refractivity contribution in [2.75, 3.05) is 19.6 Å². The van der Waals surface area contributed by atoms with E-state index < -0.39 is 24.9 Å². The monoisotopic (exact) mass is 419 g/mol. The standard InChI is InChI=1S/C19H24BN2O8/c1-10(23)12-6-14(21-7-12)18(24)22-8-13(9-22)29-15-3-2-11-4-5-20(27,28)30-17(11)16(15)19(25)26/h2-3,12-14,21,27-28H,4-9H2,1H3,(H,25,26)/q-1/t12-,14-/m0/s1. The minimum absolute atomic E-state index is 0.00829. The third kappa shape index (κ3) is 3.87. The molecule has 0 aromatic heterocycles. The molecule has 4 N–H and O–H groups in total. The summed E-state index contributed by atoms with van der Waals surface area (Å²) in [6.07, 6.45) is 0.362. The fourth-order valence-electron chi connectivity index (χ4n) is 4.16. The van der Waals surface area contributed by atoms with E-state index in [-0.39, 0.29) is 47.4 Å². The highest BCUT2D eigenvalue weighted by Gasteiger charge is 2.40. The lowest BCUT2D eigenvalue weighted by Crippen LogP contribution is -2.59. The fraction of sp³-hybridized carbons (Fsp3) is 0.526. The molecule has 11 heteroatoms. The minimum Gasteiger partial charge on any atom is -0.669 e.